The molecule has 8 nitrogen and oxygen atoms in total. The first-order chi connectivity index (χ1) is 13.9. The molecule has 1 fully saturated rings. The molecule has 0 atom stereocenters. The fourth-order valence-corrected chi connectivity index (χ4v) is 2.99. The summed E-state index contributed by atoms with van der Waals surface area (Å²) in [5.41, 5.74) is 0.703. The highest BCUT2D eigenvalue weighted by Gasteiger charge is 2.34. The number of halogens is 1. The lowest BCUT2D eigenvalue weighted by Crippen LogP contribution is -2.30. The van der Waals surface area contributed by atoms with Crippen molar-refractivity contribution in [3.05, 3.63) is 70.2 Å². The van der Waals surface area contributed by atoms with Crippen LogP contribution >= 0.6 is 15.9 Å². The van der Waals surface area contributed by atoms with Crippen molar-refractivity contribution in [3.8, 4) is 5.75 Å². The van der Waals surface area contributed by atoms with E-state index in [1.54, 1.807) is 24.3 Å². The minimum Gasteiger partial charge on any atom is -0.489 e. The normalized spacial score (nSPS) is 14.8. The molecule has 150 valence electrons. The molecule has 2 aromatic rings. The molecule has 1 aliphatic rings. The summed E-state index contributed by atoms with van der Waals surface area (Å²) in [6, 6.07) is 7.64. The van der Waals surface area contributed by atoms with Gasteiger partial charge in [0.15, 0.2) is 0 Å². The minimum atomic E-state index is -0.643. The summed E-state index contributed by atoms with van der Waals surface area (Å²) in [6.07, 6.45) is 3.14. The quantitative estimate of drug-likeness (QED) is 0.294. The van der Waals surface area contributed by atoms with Gasteiger partial charge in [0.05, 0.1) is 13.7 Å². The largest absolute Gasteiger partial charge is 0.489 e. The molecule has 1 saturated heterocycles. The van der Waals surface area contributed by atoms with Gasteiger partial charge in [0.2, 0.25) is 5.76 Å². The van der Waals surface area contributed by atoms with Crippen LogP contribution in [0.25, 0.3) is 6.08 Å². The molecule has 0 saturated carbocycles. The van der Waals surface area contributed by atoms with Crippen molar-refractivity contribution in [1.82, 2.24) is 10.2 Å². The molecule has 1 N–H and O–H groups in total. The number of carbonyl (C=O) groups is 3. The second kappa shape index (κ2) is 8.78. The van der Waals surface area contributed by atoms with E-state index < -0.39 is 17.9 Å². The van der Waals surface area contributed by atoms with Crippen LogP contribution in [0.15, 0.2) is 57.6 Å². The number of urea groups is 1. The number of carbonyl (C=O) groups excluding carboxylic acids is 3. The fraction of sp³-hybridized carbons (Fsp3) is 0.150. The van der Waals surface area contributed by atoms with Crippen LogP contribution in [-0.2, 0) is 16.1 Å². The van der Waals surface area contributed by atoms with E-state index in [-0.39, 0.29) is 23.8 Å². The van der Waals surface area contributed by atoms with Gasteiger partial charge in [-0.1, -0.05) is 28.6 Å². The smallest absolute Gasteiger partial charge is 0.373 e. The van der Waals surface area contributed by atoms with Crippen molar-refractivity contribution >= 4 is 39.9 Å². The third-order valence-corrected chi connectivity index (χ3v) is 4.45. The third-order valence-electron chi connectivity index (χ3n) is 3.95. The highest BCUT2D eigenvalue weighted by atomic mass is 79.9. The summed E-state index contributed by atoms with van der Waals surface area (Å²) in [6.45, 7) is 3.78. The van der Waals surface area contributed by atoms with E-state index in [0.29, 0.717) is 17.9 Å². The van der Waals surface area contributed by atoms with Gasteiger partial charge in [-0.15, -0.1) is 0 Å². The minimum absolute atomic E-state index is 0.0107. The van der Waals surface area contributed by atoms with Crippen LogP contribution in [-0.4, -0.2) is 36.5 Å². The number of nitrogens with zero attached hydrogens (tertiary/aromatic N) is 1. The Labute approximate surface area is 174 Å². The van der Waals surface area contributed by atoms with Crippen molar-refractivity contribution in [2.45, 2.75) is 6.54 Å². The Kier molecular flexibility index (Phi) is 6.18. The Hall–Kier alpha value is -3.33. The molecule has 9 heteroatoms. The van der Waals surface area contributed by atoms with Gasteiger partial charge in [0, 0.05) is 10.0 Å². The molecular formula is C20H17BrN2O6. The average Bonchev–Trinajstić information content (AvgIpc) is 3.27. The summed E-state index contributed by atoms with van der Waals surface area (Å²) in [7, 11) is 1.23. The highest BCUT2D eigenvalue weighted by molar-refractivity contribution is 9.10. The summed E-state index contributed by atoms with van der Waals surface area (Å²) in [5.74, 6) is -0.373. The molecule has 1 aromatic carbocycles. The zero-order chi connectivity index (χ0) is 21.0. The summed E-state index contributed by atoms with van der Waals surface area (Å²) in [4.78, 5) is 37.4. The second-order valence-electron chi connectivity index (χ2n) is 5.92. The van der Waals surface area contributed by atoms with Crippen LogP contribution in [0.2, 0.25) is 0 Å². The van der Waals surface area contributed by atoms with Gasteiger partial charge in [-0.2, -0.15) is 0 Å². The Morgan fingerprint density at radius 2 is 2.10 bits per heavy atom. The number of nitrogens with one attached hydrogen (secondary N) is 1. The molecule has 3 amide bonds. The van der Waals surface area contributed by atoms with E-state index in [2.05, 4.69) is 32.6 Å². The Morgan fingerprint density at radius 1 is 1.31 bits per heavy atom. The van der Waals surface area contributed by atoms with Crippen molar-refractivity contribution < 1.29 is 28.3 Å². The third kappa shape index (κ3) is 4.57. The lowest BCUT2D eigenvalue weighted by atomic mass is 10.1. The van der Waals surface area contributed by atoms with Gasteiger partial charge in [-0.05, 0) is 36.4 Å². The SMILES string of the molecule is C=CCOc1ccc(Br)cc1/C=C1\NC(=O)N(Cc2ccc(C(=O)OC)o2)C1=O. The van der Waals surface area contributed by atoms with Crippen LogP contribution in [0.4, 0.5) is 4.79 Å². The number of imide groups is 1. The predicted octanol–water partition coefficient (Wildman–Crippen LogP) is 3.49. The lowest BCUT2D eigenvalue weighted by molar-refractivity contribution is -0.123. The molecular weight excluding hydrogens is 444 g/mol. The molecule has 0 spiro atoms. The molecule has 1 aliphatic heterocycles. The van der Waals surface area contributed by atoms with E-state index in [1.807, 2.05) is 0 Å². The number of hydrogen-bond acceptors (Lipinski definition) is 6. The van der Waals surface area contributed by atoms with Crippen LogP contribution in [0.1, 0.15) is 21.9 Å². The molecule has 3 rings (SSSR count). The van der Waals surface area contributed by atoms with Gasteiger partial charge in [-0.3, -0.25) is 9.69 Å². The fourth-order valence-electron chi connectivity index (χ4n) is 2.61. The predicted molar refractivity (Wildman–Crippen MR) is 107 cm³/mol. The lowest BCUT2D eigenvalue weighted by Gasteiger charge is -2.10. The number of ether oxygens (including phenoxy) is 2. The highest BCUT2D eigenvalue weighted by Crippen LogP contribution is 2.27. The topological polar surface area (TPSA) is 98.1 Å². The average molecular weight is 461 g/mol. The van der Waals surface area contributed by atoms with Crippen LogP contribution in [0, 0.1) is 0 Å². The number of methoxy groups -OCH3 is 1. The van der Waals surface area contributed by atoms with E-state index in [4.69, 9.17) is 9.15 Å². The maximum absolute atomic E-state index is 12.7. The first-order valence-corrected chi connectivity index (χ1v) is 9.27. The monoisotopic (exact) mass is 460 g/mol. The number of rotatable bonds is 7. The van der Waals surface area contributed by atoms with E-state index in [9.17, 15) is 14.4 Å². The first kappa shape index (κ1) is 20.4. The van der Waals surface area contributed by atoms with Gasteiger partial charge < -0.3 is 19.2 Å². The van der Waals surface area contributed by atoms with Crippen LogP contribution < -0.4 is 10.1 Å². The van der Waals surface area contributed by atoms with E-state index in [0.717, 1.165) is 9.37 Å². The first-order valence-electron chi connectivity index (χ1n) is 8.47. The van der Waals surface area contributed by atoms with Crippen molar-refractivity contribution in [1.29, 1.82) is 0 Å². The molecule has 1 aromatic heterocycles. The summed E-state index contributed by atoms with van der Waals surface area (Å²) < 4.78 is 16.3. The molecule has 0 aliphatic carbocycles. The van der Waals surface area contributed by atoms with Gasteiger partial charge >= 0.3 is 12.0 Å². The Morgan fingerprint density at radius 3 is 2.83 bits per heavy atom. The maximum atomic E-state index is 12.7. The molecule has 29 heavy (non-hydrogen) atoms. The van der Waals surface area contributed by atoms with Crippen molar-refractivity contribution in [3.63, 3.8) is 0 Å². The van der Waals surface area contributed by atoms with Gasteiger partial charge in [-0.25, -0.2) is 9.59 Å². The van der Waals surface area contributed by atoms with Gasteiger partial charge in [0.25, 0.3) is 5.91 Å². The summed E-state index contributed by atoms with van der Waals surface area (Å²) >= 11 is 3.38. The number of esters is 1. The van der Waals surface area contributed by atoms with E-state index in [1.165, 1.54) is 25.3 Å². The van der Waals surface area contributed by atoms with Gasteiger partial charge in [0.1, 0.15) is 23.8 Å². The molecule has 2 heterocycles. The number of furan rings is 1. The standard InChI is InChI=1S/C20H17BrN2O6/c1-3-8-28-16-6-4-13(21)9-12(16)10-15-18(24)23(20(26)22-15)11-14-5-7-17(29-14)19(25)27-2/h3-7,9-10H,1,8,11H2,2H3,(H,22,26)/b15-10-. The van der Waals surface area contributed by atoms with Crippen molar-refractivity contribution in [2.24, 2.45) is 0 Å². The molecule has 0 unspecified atom stereocenters. The number of amides is 3. The Bertz CT molecular complexity index is 1010. The second-order valence-corrected chi connectivity index (χ2v) is 6.83. The van der Waals surface area contributed by atoms with E-state index >= 15 is 0 Å². The Balaban J connectivity index is 1.82. The van der Waals surface area contributed by atoms with Crippen LogP contribution in [0.3, 0.4) is 0 Å². The number of hydrogen-bond donors (Lipinski definition) is 1. The zero-order valence-electron chi connectivity index (χ0n) is 15.4. The molecule has 0 radical (unpaired) electrons. The zero-order valence-corrected chi connectivity index (χ0v) is 17.0. The number of benzene rings is 1. The van der Waals surface area contributed by atoms with Crippen LogP contribution in [0.5, 0.6) is 5.75 Å². The molecule has 0 bridgehead atoms. The summed E-state index contributed by atoms with van der Waals surface area (Å²) in [5, 5.41) is 2.54. The van der Waals surface area contributed by atoms with Crippen molar-refractivity contribution in [2.75, 3.05) is 13.7 Å². The maximum Gasteiger partial charge on any atom is 0.373 e.